The number of aromatic nitrogens is 4. The number of carbonyl (C=O) groups excluding carboxylic acids is 3. The molecule has 14 nitrogen and oxygen atoms in total. The summed E-state index contributed by atoms with van der Waals surface area (Å²) in [5, 5.41) is 17.4. The summed E-state index contributed by atoms with van der Waals surface area (Å²) in [6.45, 7) is -0.417. The van der Waals surface area contributed by atoms with Gasteiger partial charge in [0.25, 0.3) is 15.9 Å². The summed E-state index contributed by atoms with van der Waals surface area (Å²) in [5.74, 6) is -1.13. The van der Waals surface area contributed by atoms with Crippen LogP contribution in [0.5, 0.6) is 0 Å². The topological polar surface area (TPSA) is 184 Å². The number of amides is 3. The fourth-order valence-corrected chi connectivity index (χ4v) is 6.87. The van der Waals surface area contributed by atoms with Crippen LogP contribution >= 0.6 is 11.6 Å². The number of halogens is 1. The number of hydrogen-bond acceptors (Lipinski definition) is 8. The number of piperazine rings is 1. The predicted molar refractivity (Wildman–Crippen MR) is 160 cm³/mol. The summed E-state index contributed by atoms with van der Waals surface area (Å²) in [5.41, 5.74) is 1.21. The average Bonchev–Trinajstić information content (AvgIpc) is 3.45. The Labute approximate surface area is 257 Å². The maximum absolute atomic E-state index is 14.0. The van der Waals surface area contributed by atoms with Crippen molar-refractivity contribution in [2.24, 2.45) is 0 Å². The summed E-state index contributed by atoms with van der Waals surface area (Å²) in [4.78, 5) is 52.0. The Morgan fingerprint density at radius 3 is 2.16 bits per heavy atom. The van der Waals surface area contributed by atoms with Crippen molar-refractivity contribution in [3.05, 3.63) is 77.0 Å². The van der Waals surface area contributed by atoms with Crippen molar-refractivity contribution in [3.63, 3.8) is 0 Å². The number of nitrogens with one attached hydrogen (secondary N) is 3. The summed E-state index contributed by atoms with van der Waals surface area (Å²) < 4.78 is 29.6. The molecule has 3 amide bonds. The van der Waals surface area contributed by atoms with Gasteiger partial charge in [-0.3, -0.25) is 14.4 Å². The van der Waals surface area contributed by atoms with Crippen LogP contribution in [-0.2, 0) is 19.6 Å². The van der Waals surface area contributed by atoms with Gasteiger partial charge < -0.3 is 25.7 Å². The van der Waals surface area contributed by atoms with Crippen molar-refractivity contribution in [2.75, 3.05) is 27.2 Å². The van der Waals surface area contributed by atoms with Gasteiger partial charge in [0.2, 0.25) is 11.8 Å². The second kappa shape index (κ2) is 12.6. The Morgan fingerprint density at radius 1 is 1.00 bits per heavy atom. The molecule has 0 radical (unpaired) electrons. The van der Waals surface area contributed by atoms with Crippen molar-refractivity contribution in [1.29, 1.82) is 0 Å². The van der Waals surface area contributed by atoms with E-state index in [4.69, 9.17) is 11.6 Å². The number of H-pyrrole nitrogens is 1. The standard InChI is InChI=1S/C28H29ClN8O6S/c1-30-24(38)11-21-15-36(44(42,43)26-10-18-9-20(29)3-4-23(18)34-26)16-22(12-25(39)31-2)37(21)28(40)19-13-32-27(33-14-19)17-5-7-35(41)8-6-17/h3-10,13-14,21-22,34H,11-12,15-16H2,1-2H3,(H,30,38)(H,31,39). The smallest absolute Gasteiger partial charge is 0.258 e. The van der Waals surface area contributed by atoms with Crippen LogP contribution in [-0.4, -0.2) is 89.6 Å². The van der Waals surface area contributed by atoms with E-state index in [2.05, 4.69) is 25.6 Å². The molecule has 0 bridgehead atoms. The number of pyridine rings is 1. The third-order valence-electron chi connectivity index (χ3n) is 7.38. The van der Waals surface area contributed by atoms with Gasteiger partial charge in [-0.15, -0.1) is 0 Å². The molecule has 0 aliphatic carbocycles. The van der Waals surface area contributed by atoms with Crippen LogP contribution in [0.2, 0.25) is 5.02 Å². The van der Waals surface area contributed by atoms with Crippen LogP contribution in [0.3, 0.4) is 0 Å². The van der Waals surface area contributed by atoms with E-state index in [1.807, 2.05) is 0 Å². The molecule has 0 spiro atoms. The van der Waals surface area contributed by atoms with Crippen molar-refractivity contribution >= 4 is 50.2 Å². The van der Waals surface area contributed by atoms with Crippen molar-refractivity contribution in [1.82, 2.24) is 34.8 Å². The van der Waals surface area contributed by atoms with Gasteiger partial charge in [-0.05, 0) is 24.3 Å². The molecule has 3 aromatic heterocycles. The highest BCUT2D eigenvalue weighted by Crippen LogP contribution is 2.30. The van der Waals surface area contributed by atoms with E-state index >= 15 is 0 Å². The second-order valence-corrected chi connectivity index (χ2v) is 12.5. The van der Waals surface area contributed by atoms with Gasteiger partial charge in [0, 0.05) is 86.0 Å². The Balaban J connectivity index is 1.50. The molecule has 230 valence electrons. The molecule has 1 aliphatic heterocycles. The van der Waals surface area contributed by atoms with Crippen molar-refractivity contribution < 1.29 is 27.5 Å². The number of hydrogen-bond donors (Lipinski definition) is 3. The zero-order valence-electron chi connectivity index (χ0n) is 23.7. The van der Waals surface area contributed by atoms with E-state index in [0.717, 1.165) is 0 Å². The number of sulfonamides is 1. The van der Waals surface area contributed by atoms with Gasteiger partial charge in [-0.25, -0.2) is 18.4 Å². The van der Waals surface area contributed by atoms with E-state index < -0.39 is 39.8 Å². The van der Waals surface area contributed by atoms with Gasteiger partial charge in [-0.2, -0.15) is 9.04 Å². The highest BCUT2D eigenvalue weighted by atomic mass is 35.5. The Kier molecular flexibility index (Phi) is 8.80. The molecule has 4 aromatic rings. The minimum absolute atomic E-state index is 0.0798. The zero-order chi connectivity index (χ0) is 31.6. The lowest BCUT2D eigenvalue weighted by atomic mass is 10.00. The van der Waals surface area contributed by atoms with E-state index in [1.165, 1.54) is 66.3 Å². The normalized spacial score (nSPS) is 17.4. The summed E-state index contributed by atoms with van der Waals surface area (Å²) in [6, 6.07) is 7.61. The number of nitrogens with zero attached hydrogens (tertiary/aromatic N) is 5. The maximum Gasteiger partial charge on any atom is 0.258 e. The monoisotopic (exact) mass is 640 g/mol. The summed E-state index contributed by atoms with van der Waals surface area (Å²) in [6.07, 6.45) is 4.77. The highest BCUT2D eigenvalue weighted by Gasteiger charge is 2.44. The second-order valence-electron chi connectivity index (χ2n) is 10.2. The van der Waals surface area contributed by atoms with Crippen LogP contribution in [0, 0.1) is 5.21 Å². The number of benzene rings is 1. The molecule has 0 saturated carbocycles. The lowest BCUT2D eigenvalue weighted by molar-refractivity contribution is -0.605. The van der Waals surface area contributed by atoms with Crippen molar-refractivity contribution in [2.45, 2.75) is 30.0 Å². The molecular weight excluding hydrogens is 612 g/mol. The molecule has 1 aliphatic rings. The number of rotatable bonds is 8. The lowest BCUT2D eigenvalue weighted by Crippen LogP contribution is -2.63. The predicted octanol–water partition coefficient (Wildman–Crippen LogP) is 1.07. The molecule has 1 saturated heterocycles. The Morgan fingerprint density at radius 2 is 1.59 bits per heavy atom. The van der Waals surface area contributed by atoms with Gasteiger partial charge in [0.05, 0.1) is 17.6 Å². The average molecular weight is 641 g/mol. The minimum Gasteiger partial charge on any atom is -0.619 e. The number of aromatic amines is 1. The first-order chi connectivity index (χ1) is 21.0. The molecule has 44 heavy (non-hydrogen) atoms. The molecule has 5 rings (SSSR count). The van der Waals surface area contributed by atoms with Crippen LogP contribution in [0.4, 0.5) is 0 Å². The van der Waals surface area contributed by atoms with Crippen LogP contribution in [0.1, 0.15) is 23.2 Å². The van der Waals surface area contributed by atoms with Crippen LogP contribution < -0.4 is 15.4 Å². The quantitative estimate of drug-likeness (QED) is 0.189. The van der Waals surface area contributed by atoms with Crippen molar-refractivity contribution in [3.8, 4) is 11.4 Å². The molecular formula is C28H29ClN8O6S. The highest BCUT2D eigenvalue weighted by molar-refractivity contribution is 7.89. The van der Waals surface area contributed by atoms with E-state index in [1.54, 1.807) is 18.2 Å². The first-order valence-electron chi connectivity index (χ1n) is 13.5. The molecule has 1 aromatic carbocycles. The van der Waals surface area contributed by atoms with Crippen LogP contribution in [0.15, 0.2) is 66.2 Å². The van der Waals surface area contributed by atoms with E-state index in [9.17, 15) is 28.0 Å². The largest absolute Gasteiger partial charge is 0.619 e. The fraction of sp³-hybridized carbons (Fsp3) is 0.286. The molecule has 2 atom stereocenters. The van der Waals surface area contributed by atoms with Gasteiger partial charge in [0.1, 0.15) is 5.03 Å². The zero-order valence-corrected chi connectivity index (χ0v) is 25.3. The molecule has 1 fully saturated rings. The minimum atomic E-state index is -4.16. The summed E-state index contributed by atoms with van der Waals surface area (Å²) in [7, 11) is -1.28. The van der Waals surface area contributed by atoms with E-state index in [-0.39, 0.29) is 42.3 Å². The molecule has 16 heteroatoms. The first kappa shape index (κ1) is 30.8. The van der Waals surface area contributed by atoms with E-state index in [0.29, 0.717) is 26.2 Å². The summed E-state index contributed by atoms with van der Waals surface area (Å²) >= 11 is 6.09. The van der Waals surface area contributed by atoms with Gasteiger partial charge in [0.15, 0.2) is 18.2 Å². The number of carbonyl (C=O) groups is 3. The van der Waals surface area contributed by atoms with Gasteiger partial charge in [-0.1, -0.05) is 11.6 Å². The van der Waals surface area contributed by atoms with Crippen LogP contribution in [0.25, 0.3) is 22.3 Å². The third kappa shape index (κ3) is 6.34. The molecule has 3 N–H and O–H groups in total. The lowest BCUT2D eigenvalue weighted by Gasteiger charge is -2.45. The first-order valence-corrected chi connectivity index (χ1v) is 15.4. The third-order valence-corrected chi connectivity index (χ3v) is 9.37. The molecule has 4 heterocycles. The maximum atomic E-state index is 14.0. The van der Waals surface area contributed by atoms with Gasteiger partial charge >= 0.3 is 0 Å². The number of fused-ring (bicyclic) bond motifs is 1. The molecule has 2 unspecified atom stereocenters. The Hall–Kier alpha value is -4.60. The SMILES string of the molecule is CNC(=O)CC1CN(S(=O)(=O)c2cc3cc(Cl)ccc3[nH]2)CC(CC(=O)NC)N1C(=O)c1cnc(-c2cc[n+]([O-])cc2)nc1. The Bertz CT molecular complexity index is 1790. The fourth-order valence-electron chi connectivity index (χ4n) is 5.16.